The molecule has 0 radical (unpaired) electrons. The van der Waals surface area contributed by atoms with Gasteiger partial charge in [0.05, 0.1) is 13.1 Å². The predicted octanol–water partition coefficient (Wildman–Crippen LogP) is 0.0304. The Balaban J connectivity index is 2.52. The molecule has 1 heterocycles. The average molecular weight is 243 g/mol. The zero-order valence-corrected chi connectivity index (χ0v) is 10.6. The molecule has 0 atom stereocenters. The van der Waals surface area contributed by atoms with Crippen molar-refractivity contribution in [2.75, 3.05) is 32.9 Å². The Labute approximate surface area is 99.1 Å². The van der Waals surface area contributed by atoms with Gasteiger partial charge in [0.1, 0.15) is 5.01 Å². The van der Waals surface area contributed by atoms with Crippen molar-refractivity contribution >= 4 is 22.4 Å². The van der Waals surface area contributed by atoms with Gasteiger partial charge in [-0.15, -0.1) is 10.2 Å². The smallest absolute Gasteiger partial charge is 0.236 e. The minimum atomic E-state index is 0.0827. The van der Waals surface area contributed by atoms with Crippen molar-refractivity contribution in [3.63, 3.8) is 0 Å². The Morgan fingerprint density at radius 1 is 1.44 bits per heavy atom. The summed E-state index contributed by atoms with van der Waals surface area (Å²) in [6, 6.07) is 0. The molecule has 0 unspecified atom stereocenters. The van der Waals surface area contributed by atoms with E-state index in [1.165, 1.54) is 11.3 Å². The largest absolute Gasteiger partial charge is 0.374 e. The maximum atomic E-state index is 11.5. The Bertz CT molecular complexity index is 351. The van der Waals surface area contributed by atoms with Gasteiger partial charge in [0.2, 0.25) is 11.0 Å². The van der Waals surface area contributed by atoms with Crippen LogP contribution in [0.1, 0.15) is 11.9 Å². The molecule has 90 valence electrons. The highest BCUT2D eigenvalue weighted by atomic mass is 32.1. The van der Waals surface area contributed by atoms with Crippen LogP contribution in [0.15, 0.2) is 0 Å². The first kappa shape index (κ1) is 12.9. The van der Waals surface area contributed by atoms with E-state index in [2.05, 4.69) is 10.2 Å². The van der Waals surface area contributed by atoms with Crippen molar-refractivity contribution in [3.8, 4) is 0 Å². The number of hydrogen-bond acceptors (Lipinski definition) is 6. The van der Waals surface area contributed by atoms with Crippen LogP contribution < -0.4 is 5.73 Å². The molecule has 16 heavy (non-hydrogen) atoms. The minimum absolute atomic E-state index is 0.0827. The van der Waals surface area contributed by atoms with Gasteiger partial charge >= 0.3 is 0 Å². The molecule has 0 aromatic carbocycles. The van der Waals surface area contributed by atoms with E-state index >= 15 is 0 Å². The molecule has 1 amide bonds. The number of aromatic nitrogens is 2. The Morgan fingerprint density at radius 3 is 2.56 bits per heavy atom. The second-order valence-corrected chi connectivity index (χ2v) is 4.72. The average Bonchev–Trinajstić information content (AvgIpc) is 2.62. The van der Waals surface area contributed by atoms with E-state index < -0.39 is 0 Å². The van der Waals surface area contributed by atoms with Crippen molar-refractivity contribution in [1.82, 2.24) is 20.0 Å². The fourth-order valence-corrected chi connectivity index (χ4v) is 1.79. The maximum absolute atomic E-state index is 11.5. The first-order valence-corrected chi connectivity index (χ1v) is 5.85. The van der Waals surface area contributed by atoms with Crippen molar-refractivity contribution in [1.29, 1.82) is 0 Å². The number of anilines is 1. The number of nitrogen functional groups attached to an aromatic ring is 1. The molecule has 2 N–H and O–H groups in total. The van der Waals surface area contributed by atoms with Gasteiger partial charge in [0.25, 0.3) is 0 Å². The summed E-state index contributed by atoms with van der Waals surface area (Å²) >= 11 is 1.36. The standard InChI is InChI=1S/C9H17N5OS/c1-4-14(6-8(15)13(2)3)5-7-11-12-9(10)16-7/h4-6H2,1-3H3,(H2,10,12). The summed E-state index contributed by atoms with van der Waals surface area (Å²) < 4.78 is 0. The van der Waals surface area contributed by atoms with Gasteiger partial charge in [0, 0.05) is 14.1 Å². The molecule has 1 aromatic heterocycles. The van der Waals surface area contributed by atoms with E-state index in [0.29, 0.717) is 18.2 Å². The van der Waals surface area contributed by atoms with Crippen LogP contribution in [0.3, 0.4) is 0 Å². The van der Waals surface area contributed by atoms with Gasteiger partial charge in [-0.3, -0.25) is 9.69 Å². The lowest BCUT2D eigenvalue weighted by Gasteiger charge is -2.20. The fraction of sp³-hybridized carbons (Fsp3) is 0.667. The van der Waals surface area contributed by atoms with Crippen LogP contribution in [0.25, 0.3) is 0 Å². The summed E-state index contributed by atoms with van der Waals surface area (Å²) in [7, 11) is 3.50. The Hall–Kier alpha value is -1.21. The summed E-state index contributed by atoms with van der Waals surface area (Å²) in [5.74, 6) is 0.0827. The number of carbonyl (C=O) groups excluding carboxylic acids is 1. The molecule has 0 aliphatic rings. The molecule has 0 fully saturated rings. The number of nitrogens with two attached hydrogens (primary N) is 1. The van der Waals surface area contributed by atoms with Crippen molar-refractivity contribution < 1.29 is 4.79 Å². The zero-order chi connectivity index (χ0) is 12.1. The summed E-state index contributed by atoms with van der Waals surface area (Å²) in [5, 5.41) is 8.98. The van der Waals surface area contributed by atoms with E-state index in [4.69, 9.17) is 5.73 Å². The number of carbonyl (C=O) groups is 1. The molecular weight excluding hydrogens is 226 g/mol. The van der Waals surface area contributed by atoms with Crippen LogP contribution in [-0.4, -0.2) is 53.1 Å². The third-order valence-electron chi connectivity index (χ3n) is 2.15. The first-order chi connectivity index (χ1) is 7.52. The number of nitrogens with zero attached hydrogens (tertiary/aromatic N) is 4. The zero-order valence-electron chi connectivity index (χ0n) is 9.80. The van der Waals surface area contributed by atoms with E-state index in [1.54, 1.807) is 19.0 Å². The molecule has 0 bridgehead atoms. The van der Waals surface area contributed by atoms with Crippen LogP contribution >= 0.6 is 11.3 Å². The van der Waals surface area contributed by atoms with Crippen molar-refractivity contribution in [2.24, 2.45) is 0 Å². The molecule has 1 rings (SSSR count). The van der Waals surface area contributed by atoms with Crippen molar-refractivity contribution in [2.45, 2.75) is 13.5 Å². The SMILES string of the molecule is CCN(CC(=O)N(C)C)Cc1nnc(N)s1. The molecule has 0 aliphatic carbocycles. The van der Waals surface area contributed by atoms with Crippen LogP contribution in [0.2, 0.25) is 0 Å². The lowest BCUT2D eigenvalue weighted by atomic mass is 10.4. The summed E-state index contributed by atoms with van der Waals surface area (Å²) in [6.07, 6.45) is 0. The number of likely N-dealkylation sites (N-methyl/N-ethyl adjacent to an activating group) is 2. The third-order valence-corrected chi connectivity index (χ3v) is 2.88. The topological polar surface area (TPSA) is 75.4 Å². The highest BCUT2D eigenvalue weighted by Crippen LogP contribution is 2.13. The molecule has 6 nitrogen and oxygen atoms in total. The van der Waals surface area contributed by atoms with Crippen molar-refractivity contribution in [3.05, 3.63) is 5.01 Å². The van der Waals surface area contributed by atoms with Gasteiger partial charge < -0.3 is 10.6 Å². The van der Waals surface area contributed by atoms with Gasteiger partial charge in [-0.1, -0.05) is 18.3 Å². The lowest BCUT2D eigenvalue weighted by molar-refractivity contribution is -0.130. The quantitative estimate of drug-likeness (QED) is 0.789. The molecular formula is C9H17N5OS. The molecule has 7 heteroatoms. The van der Waals surface area contributed by atoms with Gasteiger partial charge in [-0.05, 0) is 6.54 Å². The van der Waals surface area contributed by atoms with Gasteiger partial charge in [0.15, 0.2) is 0 Å². The summed E-state index contributed by atoms with van der Waals surface area (Å²) in [4.78, 5) is 15.1. The number of amides is 1. The molecule has 0 saturated heterocycles. The molecule has 0 aliphatic heterocycles. The highest BCUT2D eigenvalue weighted by molar-refractivity contribution is 7.15. The highest BCUT2D eigenvalue weighted by Gasteiger charge is 2.13. The first-order valence-electron chi connectivity index (χ1n) is 5.03. The minimum Gasteiger partial charge on any atom is -0.374 e. The number of hydrogen-bond donors (Lipinski definition) is 1. The molecule has 1 aromatic rings. The summed E-state index contributed by atoms with van der Waals surface area (Å²) in [5.41, 5.74) is 5.50. The predicted molar refractivity (Wildman–Crippen MR) is 64.0 cm³/mol. The molecule has 0 spiro atoms. The van der Waals surface area contributed by atoms with Crippen LogP contribution in [0, 0.1) is 0 Å². The van der Waals surface area contributed by atoms with E-state index in [1.807, 2.05) is 11.8 Å². The van der Waals surface area contributed by atoms with E-state index in [9.17, 15) is 4.79 Å². The van der Waals surface area contributed by atoms with Crippen LogP contribution in [-0.2, 0) is 11.3 Å². The van der Waals surface area contributed by atoms with Crippen LogP contribution in [0.4, 0.5) is 5.13 Å². The van der Waals surface area contributed by atoms with Gasteiger partial charge in [-0.2, -0.15) is 0 Å². The Kier molecular flexibility index (Phi) is 4.63. The summed E-state index contributed by atoms with van der Waals surface area (Å²) in [6.45, 7) is 3.81. The lowest BCUT2D eigenvalue weighted by Crippen LogP contribution is -2.36. The second-order valence-electron chi connectivity index (χ2n) is 3.63. The van der Waals surface area contributed by atoms with Gasteiger partial charge in [-0.25, -0.2) is 0 Å². The normalized spacial score (nSPS) is 10.8. The van der Waals surface area contributed by atoms with E-state index in [-0.39, 0.29) is 5.91 Å². The monoisotopic (exact) mass is 243 g/mol. The van der Waals surface area contributed by atoms with Crippen LogP contribution in [0.5, 0.6) is 0 Å². The fourth-order valence-electron chi connectivity index (χ4n) is 1.13. The van der Waals surface area contributed by atoms with E-state index in [0.717, 1.165) is 11.6 Å². The number of rotatable bonds is 5. The second kappa shape index (κ2) is 5.76. The Morgan fingerprint density at radius 2 is 2.12 bits per heavy atom. The third kappa shape index (κ3) is 3.74. The maximum Gasteiger partial charge on any atom is 0.236 e. The molecule has 0 saturated carbocycles.